The van der Waals surface area contributed by atoms with Crippen LogP contribution in [0.1, 0.15) is 33.1 Å². The number of hydrogen-bond acceptors (Lipinski definition) is 3. The molecule has 5 heterocycles. The van der Waals surface area contributed by atoms with E-state index in [-0.39, 0.29) is 16.5 Å². The van der Waals surface area contributed by atoms with Crippen LogP contribution in [-0.2, 0) is 16.5 Å². The molecule has 170 valence electrons. The number of carboxylic acids is 1. The molecule has 34 heavy (non-hydrogen) atoms. The summed E-state index contributed by atoms with van der Waals surface area (Å²) in [6.45, 7) is 0. The average molecular weight is 490 g/mol. The third-order valence-electron chi connectivity index (χ3n) is 5.01. The number of carbonyl (C=O) groups is 1. The second-order valence-electron chi connectivity index (χ2n) is 7.50. The summed E-state index contributed by atoms with van der Waals surface area (Å²) in [7, 11) is 0. The number of rotatable bonds is 1. The zero-order chi connectivity index (χ0) is 22.6. The Morgan fingerprint density at radius 3 is 1.47 bits per heavy atom. The molecule has 8 bridgehead atoms. The Morgan fingerprint density at radius 2 is 1.06 bits per heavy atom. The Kier molecular flexibility index (Phi) is 6.85. The van der Waals surface area contributed by atoms with Gasteiger partial charge in [-0.05, 0) is 78.4 Å². The van der Waals surface area contributed by atoms with E-state index in [1.54, 1.807) is 12.1 Å². The maximum atomic E-state index is 10.2. The number of hydrogen-bond donors (Lipinski definition) is 3. The smallest absolute Gasteiger partial charge is 0.311 e. The molecule has 0 radical (unpaired) electrons. The zero-order valence-electron chi connectivity index (χ0n) is 17.8. The Labute approximate surface area is 205 Å². The molecule has 7 heteroatoms. The van der Waals surface area contributed by atoms with Gasteiger partial charge in [0.2, 0.25) is 0 Å². The first-order chi connectivity index (χ1) is 16.1. The fourth-order valence-electron chi connectivity index (χ4n) is 3.47. The molecule has 0 saturated carbocycles. The average Bonchev–Trinajstić information content (AvgIpc) is 3.61. The molecule has 0 aliphatic carbocycles. The summed E-state index contributed by atoms with van der Waals surface area (Å²) in [5.41, 5.74) is 8.16. The number of nitrogens with zero attached hydrogens (tertiary/aromatic N) is 2. The normalized spacial score (nSPS) is 11.3. The van der Waals surface area contributed by atoms with E-state index in [0.29, 0.717) is 5.56 Å². The van der Waals surface area contributed by atoms with Crippen molar-refractivity contribution >= 4 is 52.3 Å². The van der Waals surface area contributed by atoms with Crippen molar-refractivity contribution in [1.29, 1.82) is 0 Å². The van der Waals surface area contributed by atoms with Crippen LogP contribution in [-0.4, -0.2) is 31.0 Å². The predicted molar refractivity (Wildman–Crippen MR) is 131 cm³/mol. The van der Waals surface area contributed by atoms with Gasteiger partial charge in [-0.2, -0.15) is 30.3 Å². The van der Waals surface area contributed by atoms with Gasteiger partial charge < -0.3 is 15.1 Å². The minimum Gasteiger partial charge on any atom is -0.479 e. The minimum absolute atomic E-state index is 0. The second-order valence-corrected chi connectivity index (χ2v) is 7.50. The molecule has 4 aromatic rings. The van der Waals surface area contributed by atoms with Crippen molar-refractivity contribution in [2.45, 2.75) is 0 Å². The van der Waals surface area contributed by atoms with E-state index >= 15 is 0 Å². The maximum Gasteiger partial charge on any atom is 0.311 e. The van der Waals surface area contributed by atoms with Crippen LogP contribution in [0.25, 0.3) is 46.4 Å². The zero-order valence-corrected chi connectivity index (χ0v) is 18.8. The van der Waals surface area contributed by atoms with Gasteiger partial charge in [-0.1, -0.05) is 0 Å². The van der Waals surface area contributed by atoms with E-state index in [1.807, 2.05) is 42.5 Å². The number of aromatic nitrogens is 4. The van der Waals surface area contributed by atoms with Crippen molar-refractivity contribution in [3.05, 3.63) is 107 Å². The summed E-state index contributed by atoms with van der Waals surface area (Å²) in [6, 6.07) is 25.3. The van der Waals surface area contributed by atoms with E-state index in [9.17, 15) is 4.79 Å². The molecule has 6 rings (SSSR count). The van der Waals surface area contributed by atoms with Crippen molar-refractivity contribution in [1.82, 2.24) is 19.9 Å². The maximum absolute atomic E-state index is 10.2. The first-order valence-corrected chi connectivity index (χ1v) is 10.3. The molecule has 1 aromatic carbocycles. The Bertz CT molecular complexity index is 1460. The molecule has 2 aliphatic rings. The van der Waals surface area contributed by atoms with Crippen LogP contribution in [0.2, 0.25) is 0 Å². The Hall–Kier alpha value is -4.22. The minimum atomic E-state index is -0.899. The number of nitrogens with one attached hydrogen (secondary N) is 2. The standard InChI is InChI=1S/C20H14N4.C7H5O2.Ni/c1-2-14-10-16-5-6-18(23-16)12-20-8-7-19(24-20)11-17-4-3-15(22-17)9-13(1)21-14;8-7(9)6-4-2-1-3-5-6;/h1-12,21-22H;2-5H,(H,8,9);/q;-1;. The molecule has 0 fully saturated rings. The Balaban J connectivity index is 0.000000234. The first-order valence-electron chi connectivity index (χ1n) is 10.3. The van der Waals surface area contributed by atoms with Gasteiger partial charge in [0.25, 0.3) is 0 Å². The number of carboxylic acid groups (broad SMARTS) is 1. The van der Waals surface area contributed by atoms with E-state index in [4.69, 9.17) is 5.11 Å². The van der Waals surface area contributed by atoms with Crippen molar-refractivity contribution in [3.8, 4) is 0 Å². The number of benzene rings is 1. The molecular formula is C27H19N4NiO2-. The van der Waals surface area contributed by atoms with Gasteiger partial charge in [0.05, 0.1) is 22.8 Å². The van der Waals surface area contributed by atoms with Gasteiger partial charge in [0, 0.05) is 38.6 Å². The van der Waals surface area contributed by atoms with Gasteiger partial charge >= 0.3 is 5.97 Å². The number of aromatic carboxylic acids is 1. The summed E-state index contributed by atoms with van der Waals surface area (Å²) in [5.74, 6) is -0.899. The molecule has 0 amide bonds. The van der Waals surface area contributed by atoms with Crippen LogP contribution in [0.15, 0.2) is 72.8 Å². The molecule has 0 atom stereocenters. The molecule has 3 aromatic heterocycles. The summed E-state index contributed by atoms with van der Waals surface area (Å²) in [5, 5.41) is 8.37. The topological polar surface area (TPSA) is 94.7 Å². The largest absolute Gasteiger partial charge is 0.479 e. The van der Waals surface area contributed by atoms with Gasteiger partial charge in [0.1, 0.15) is 0 Å². The summed E-state index contributed by atoms with van der Waals surface area (Å²) in [6.07, 6.45) is 8.05. The molecule has 6 nitrogen and oxygen atoms in total. The van der Waals surface area contributed by atoms with Crippen molar-refractivity contribution in [3.63, 3.8) is 0 Å². The van der Waals surface area contributed by atoms with E-state index < -0.39 is 5.97 Å². The van der Waals surface area contributed by atoms with Crippen LogP contribution in [0.5, 0.6) is 0 Å². The van der Waals surface area contributed by atoms with Gasteiger partial charge in [0.15, 0.2) is 0 Å². The van der Waals surface area contributed by atoms with Crippen LogP contribution in [0.4, 0.5) is 0 Å². The first kappa shape index (κ1) is 23.0. The summed E-state index contributed by atoms with van der Waals surface area (Å²) < 4.78 is 0. The molecule has 0 unspecified atom stereocenters. The fraction of sp³-hybridized carbons (Fsp3) is 0. The van der Waals surface area contributed by atoms with E-state index in [2.05, 4.69) is 56.3 Å². The van der Waals surface area contributed by atoms with Gasteiger partial charge in [-0.3, -0.25) is 0 Å². The molecule has 0 spiro atoms. The molecular weight excluding hydrogens is 471 g/mol. The monoisotopic (exact) mass is 489 g/mol. The third-order valence-corrected chi connectivity index (χ3v) is 5.01. The number of H-pyrrole nitrogens is 2. The van der Waals surface area contributed by atoms with E-state index in [1.165, 1.54) is 12.1 Å². The van der Waals surface area contributed by atoms with Gasteiger partial charge in [-0.25, -0.2) is 14.8 Å². The number of fused-ring (bicyclic) bond motifs is 8. The molecule has 3 N–H and O–H groups in total. The fourth-order valence-corrected chi connectivity index (χ4v) is 3.47. The van der Waals surface area contributed by atoms with Crippen molar-refractivity contribution in [2.75, 3.05) is 0 Å². The van der Waals surface area contributed by atoms with Crippen LogP contribution < -0.4 is 0 Å². The van der Waals surface area contributed by atoms with Crippen LogP contribution in [0, 0.1) is 6.07 Å². The SMILES string of the molecule is C1=Cc2cc3ccc(cc4ccc(cc5nc(cc1n2)C=C5)[nH]4)[nH]3.O=C(O)c1cc[c-]cc1.[Ni]. The predicted octanol–water partition coefficient (Wildman–Crippen LogP) is 5.84. The van der Waals surface area contributed by atoms with Crippen LogP contribution >= 0.6 is 0 Å². The van der Waals surface area contributed by atoms with Crippen molar-refractivity contribution < 1.29 is 26.4 Å². The number of aromatic amines is 2. The molecule has 2 aliphatic heterocycles. The quantitative estimate of drug-likeness (QED) is 0.200. The molecule has 0 saturated heterocycles. The third kappa shape index (κ3) is 5.58. The second kappa shape index (κ2) is 10.2. The Morgan fingerprint density at radius 1 is 0.647 bits per heavy atom. The summed E-state index contributed by atoms with van der Waals surface area (Å²) >= 11 is 0. The van der Waals surface area contributed by atoms with E-state index in [0.717, 1.165) is 44.8 Å². The van der Waals surface area contributed by atoms with Crippen LogP contribution in [0.3, 0.4) is 0 Å². The van der Waals surface area contributed by atoms with Gasteiger partial charge in [-0.15, -0.1) is 0 Å². The summed E-state index contributed by atoms with van der Waals surface area (Å²) in [4.78, 5) is 26.2. The van der Waals surface area contributed by atoms with Crippen molar-refractivity contribution in [2.24, 2.45) is 0 Å².